The maximum Gasteiger partial charge on any atom is 0.119 e. The number of ether oxygens (including phenoxy) is 1. The van der Waals surface area contributed by atoms with Gasteiger partial charge in [0.15, 0.2) is 0 Å². The third-order valence-electron chi connectivity index (χ3n) is 3.19. The summed E-state index contributed by atoms with van der Waals surface area (Å²) in [5.74, 6) is 0.743. The van der Waals surface area contributed by atoms with Crippen molar-refractivity contribution in [2.75, 3.05) is 6.61 Å². The number of para-hydroxylation sites is 2. The van der Waals surface area contributed by atoms with E-state index in [2.05, 4.69) is 20.9 Å². The van der Waals surface area contributed by atoms with Crippen molar-refractivity contribution in [2.24, 2.45) is 0 Å². The first-order valence-corrected chi connectivity index (χ1v) is 7.48. The minimum atomic E-state index is -0.591. The molecule has 0 bridgehead atoms. The summed E-state index contributed by atoms with van der Waals surface area (Å²) in [5, 5.41) is 10.1. The molecule has 0 aliphatic carbocycles. The van der Waals surface area contributed by atoms with E-state index in [0.717, 1.165) is 21.3 Å². The predicted molar refractivity (Wildman–Crippen MR) is 85.4 cm³/mol. The number of hydrogen-bond acceptors (Lipinski definition) is 3. The van der Waals surface area contributed by atoms with Gasteiger partial charge in [0, 0.05) is 4.47 Å². The molecule has 0 radical (unpaired) electrons. The minimum Gasteiger partial charge on any atom is -0.491 e. The van der Waals surface area contributed by atoms with Crippen LogP contribution in [0.25, 0.3) is 11.0 Å². The highest BCUT2D eigenvalue weighted by molar-refractivity contribution is 9.10. The fourth-order valence-electron chi connectivity index (χ4n) is 2.16. The number of benzene rings is 2. The molecule has 108 valence electrons. The second-order valence-electron chi connectivity index (χ2n) is 4.80. The summed E-state index contributed by atoms with van der Waals surface area (Å²) >= 11 is 3.37. The van der Waals surface area contributed by atoms with Crippen LogP contribution >= 0.6 is 15.9 Å². The molecule has 1 N–H and O–H groups in total. The summed E-state index contributed by atoms with van der Waals surface area (Å²) in [6.45, 7) is 0.700. The molecule has 2 aromatic carbocycles. The van der Waals surface area contributed by atoms with Gasteiger partial charge in [-0.1, -0.05) is 28.1 Å². The molecule has 0 amide bonds. The number of nitrogens with zero attached hydrogens (tertiary/aromatic N) is 2. The Morgan fingerprint density at radius 1 is 1.14 bits per heavy atom. The van der Waals surface area contributed by atoms with Crippen molar-refractivity contribution >= 4 is 27.0 Å². The molecule has 1 atom stereocenters. The molecule has 3 rings (SSSR count). The van der Waals surface area contributed by atoms with Crippen molar-refractivity contribution in [1.29, 1.82) is 0 Å². The van der Waals surface area contributed by atoms with Crippen molar-refractivity contribution in [1.82, 2.24) is 9.55 Å². The Morgan fingerprint density at radius 2 is 1.90 bits per heavy atom. The molecule has 5 heteroatoms. The third-order valence-corrected chi connectivity index (χ3v) is 3.72. The second-order valence-corrected chi connectivity index (χ2v) is 5.72. The lowest BCUT2D eigenvalue weighted by molar-refractivity contribution is 0.0934. The average molecular weight is 347 g/mol. The third kappa shape index (κ3) is 3.43. The molecular formula is C16H15BrN2O2. The van der Waals surface area contributed by atoms with Crippen molar-refractivity contribution in [3.63, 3.8) is 0 Å². The molecule has 0 saturated carbocycles. The quantitative estimate of drug-likeness (QED) is 0.771. The highest BCUT2D eigenvalue weighted by Gasteiger charge is 2.09. The minimum absolute atomic E-state index is 0.244. The van der Waals surface area contributed by atoms with Crippen LogP contribution in [0, 0.1) is 0 Å². The fourth-order valence-corrected chi connectivity index (χ4v) is 2.42. The summed E-state index contributed by atoms with van der Waals surface area (Å²) in [6.07, 6.45) is 1.15. The number of imidazole rings is 1. The lowest BCUT2D eigenvalue weighted by Gasteiger charge is -2.13. The Bertz CT molecular complexity index is 724. The summed E-state index contributed by atoms with van der Waals surface area (Å²) in [6, 6.07) is 15.4. The van der Waals surface area contributed by atoms with Crippen molar-refractivity contribution in [2.45, 2.75) is 12.6 Å². The zero-order valence-electron chi connectivity index (χ0n) is 11.3. The lowest BCUT2D eigenvalue weighted by Crippen LogP contribution is -2.23. The maximum absolute atomic E-state index is 10.1. The van der Waals surface area contributed by atoms with E-state index < -0.39 is 6.10 Å². The Hall–Kier alpha value is -1.85. The van der Waals surface area contributed by atoms with Gasteiger partial charge in [-0.25, -0.2) is 4.98 Å². The summed E-state index contributed by atoms with van der Waals surface area (Å²) in [4.78, 5) is 4.31. The van der Waals surface area contributed by atoms with Crippen molar-refractivity contribution in [3.05, 3.63) is 59.3 Å². The first-order valence-electron chi connectivity index (χ1n) is 6.69. The maximum atomic E-state index is 10.1. The van der Waals surface area contributed by atoms with Gasteiger partial charge in [-0.2, -0.15) is 0 Å². The van der Waals surface area contributed by atoms with E-state index in [1.165, 1.54) is 0 Å². The Balaban J connectivity index is 1.61. The van der Waals surface area contributed by atoms with E-state index in [9.17, 15) is 5.11 Å². The van der Waals surface area contributed by atoms with Crippen LogP contribution in [-0.2, 0) is 6.54 Å². The average Bonchev–Trinajstić information content (AvgIpc) is 2.90. The van der Waals surface area contributed by atoms with E-state index in [0.29, 0.717) is 6.54 Å². The molecule has 4 nitrogen and oxygen atoms in total. The fraction of sp³-hybridized carbons (Fsp3) is 0.188. The summed E-state index contributed by atoms with van der Waals surface area (Å²) < 4.78 is 8.51. The van der Waals surface area contributed by atoms with Gasteiger partial charge >= 0.3 is 0 Å². The number of hydrogen-bond donors (Lipinski definition) is 1. The Labute approximate surface area is 131 Å². The first-order chi connectivity index (χ1) is 10.2. The molecular weight excluding hydrogens is 332 g/mol. The van der Waals surface area contributed by atoms with Gasteiger partial charge in [0.2, 0.25) is 0 Å². The lowest BCUT2D eigenvalue weighted by atomic mass is 10.3. The zero-order chi connectivity index (χ0) is 14.7. The van der Waals surface area contributed by atoms with Crippen LogP contribution in [-0.4, -0.2) is 27.4 Å². The zero-order valence-corrected chi connectivity index (χ0v) is 12.9. The number of rotatable bonds is 5. The highest BCUT2D eigenvalue weighted by atomic mass is 79.9. The molecule has 0 saturated heterocycles. The van der Waals surface area contributed by atoms with Gasteiger partial charge in [0.1, 0.15) is 18.5 Å². The van der Waals surface area contributed by atoms with E-state index in [-0.39, 0.29) is 6.61 Å². The number of aliphatic hydroxyl groups is 1. The normalized spacial score (nSPS) is 12.5. The van der Waals surface area contributed by atoms with Crippen LogP contribution < -0.4 is 4.74 Å². The Morgan fingerprint density at radius 3 is 2.71 bits per heavy atom. The summed E-state index contributed by atoms with van der Waals surface area (Å²) in [7, 11) is 0. The van der Waals surface area contributed by atoms with Gasteiger partial charge in [-0.05, 0) is 36.4 Å². The number of aliphatic hydroxyl groups excluding tert-OH is 1. The van der Waals surface area contributed by atoms with Crippen LogP contribution in [0.1, 0.15) is 0 Å². The van der Waals surface area contributed by atoms with Gasteiger partial charge < -0.3 is 14.4 Å². The molecule has 0 spiro atoms. The van der Waals surface area contributed by atoms with Crippen LogP contribution in [0.2, 0.25) is 0 Å². The smallest absolute Gasteiger partial charge is 0.119 e. The Kier molecular flexibility index (Phi) is 4.22. The SMILES string of the molecule is O[C@@H](COc1ccc(Br)cc1)Cn1cnc2ccccc21. The molecule has 0 fully saturated rings. The number of halogens is 1. The van der Waals surface area contributed by atoms with E-state index in [4.69, 9.17) is 4.74 Å². The van der Waals surface area contributed by atoms with Gasteiger partial charge in [0.05, 0.1) is 23.9 Å². The molecule has 1 aromatic heterocycles. The molecule has 0 unspecified atom stereocenters. The van der Waals surface area contributed by atoms with Crippen molar-refractivity contribution in [3.8, 4) is 5.75 Å². The topological polar surface area (TPSA) is 47.3 Å². The van der Waals surface area contributed by atoms with E-state index in [1.807, 2.05) is 53.1 Å². The number of fused-ring (bicyclic) bond motifs is 1. The van der Waals surface area contributed by atoms with E-state index >= 15 is 0 Å². The largest absolute Gasteiger partial charge is 0.491 e. The highest BCUT2D eigenvalue weighted by Crippen LogP contribution is 2.17. The standard InChI is InChI=1S/C16H15BrN2O2/c17-12-5-7-14(8-6-12)21-10-13(20)9-19-11-18-15-3-1-2-4-16(15)19/h1-8,11,13,20H,9-10H2/t13-/m1/s1. The molecule has 1 heterocycles. The van der Waals surface area contributed by atoms with Gasteiger partial charge in [-0.3, -0.25) is 0 Å². The molecule has 3 aromatic rings. The molecule has 21 heavy (non-hydrogen) atoms. The van der Waals surface area contributed by atoms with Crippen molar-refractivity contribution < 1.29 is 9.84 Å². The van der Waals surface area contributed by atoms with Crippen LogP contribution in [0.5, 0.6) is 5.75 Å². The first kappa shape index (κ1) is 14.1. The second kappa shape index (κ2) is 6.28. The predicted octanol–water partition coefficient (Wildman–Crippen LogP) is 3.24. The molecule has 0 aliphatic heterocycles. The van der Waals surface area contributed by atoms with Crippen LogP contribution in [0.15, 0.2) is 59.3 Å². The number of aromatic nitrogens is 2. The van der Waals surface area contributed by atoms with E-state index in [1.54, 1.807) is 6.33 Å². The van der Waals surface area contributed by atoms with Crippen LogP contribution in [0.4, 0.5) is 0 Å². The molecule has 0 aliphatic rings. The van der Waals surface area contributed by atoms with Gasteiger partial charge in [0.25, 0.3) is 0 Å². The summed E-state index contributed by atoms with van der Waals surface area (Å²) in [5.41, 5.74) is 1.94. The monoisotopic (exact) mass is 346 g/mol. The van der Waals surface area contributed by atoms with Gasteiger partial charge in [-0.15, -0.1) is 0 Å². The van der Waals surface area contributed by atoms with Crippen LogP contribution in [0.3, 0.4) is 0 Å².